The van der Waals surface area contributed by atoms with Crippen molar-refractivity contribution in [3.8, 4) is 0 Å². The number of nitrogens with one attached hydrogen (secondary N) is 1. The topological polar surface area (TPSA) is 71.3 Å². The van der Waals surface area contributed by atoms with Crippen LogP contribution in [0.1, 0.15) is 34.1 Å². The van der Waals surface area contributed by atoms with Crippen LogP contribution in [0.2, 0.25) is 0 Å². The van der Waals surface area contributed by atoms with Gasteiger partial charge in [-0.25, -0.2) is 0 Å². The van der Waals surface area contributed by atoms with E-state index in [9.17, 15) is 9.59 Å². The SMILES string of the molecule is Cc1ccccc1C(CC(=O)O)NC(=O)c1cccn1C. The van der Waals surface area contributed by atoms with Gasteiger partial charge in [-0.3, -0.25) is 9.59 Å². The molecule has 0 aliphatic rings. The van der Waals surface area contributed by atoms with Crippen LogP contribution in [-0.4, -0.2) is 21.6 Å². The lowest BCUT2D eigenvalue weighted by molar-refractivity contribution is -0.137. The maximum absolute atomic E-state index is 12.3. The molecule has 110 valence electrons. The number of aryl methyl sites for hydroxylation is 2. The first-order valence-electron chi connectivity index (χ1n) is 6.68. The Bertz CT molecular complexity index is 661. The Kier molecular flexibility index (Phi) is 4.42. The van der Waals surface area contributed by atoms with Crippen molar-refractivity contribution in [1.29, 1.82) is 0 Å². The number of benzene rings is 1. The minimum absolute atomic E-state index is 0.152. The van der Waals surface area contributed by atoms with Gasteiger partial charge in [-0.15, -0.1) is 0 Å². The predicted octanol–water partition coefficient (Wildman–Crippen LogP) is 2.28. The molecule has 1 unspecified atom stereocenters. The molecule has 0 aliphatic heterocycles. The largest absolute Gasteiger partial charge is 0.481 e. The van der Waals surface area contributed by atoms with E-state index >= 15 is 0 Å². The maximum Gasteiger partial charge on any atom is 0.305 e. The summed E-state index contributed by atoms with van der Waals surface area (Å²) in [5.74, 6) is -1.23. The molecular weight excluding hydrogens is 268 g/mol. The smallest absolute Gasteiger partial charge is 0.305 e. The molecule has 1 atom stereocenters. The summed E-state index contributed by atoms with van der Waals surface area (Å²) in [7, 11) is 1.77. The van der Waals surface area contributed by atoms with Crippen LogP contribution >= 0.6 is 0 Å². The fraction of sp³-hybridized carbons (Fsp3) is 0.250. The molecule has 2 N–H and O–H groups in total. The minimum Gasteiger partial charge on any atom is -0.481 e. The molecule has 1 heterocycles. The highest BCUT2D eigenvalue weighted by atomic mass is 16.4. The van der Waals surface area contributed by atoms with E-state index in [-0.39, 0.29) is 12.3 Å². The van der Waals surface area contributed by atoms with Crippen molar-refractivity contribution in [3.05, 3.63) is 59.4 Å². The van der Waals surface area contributed by atoms with E-state index in [1.165, 1.54) is 0 Å². The number of carboxylic acid groups (broad SMARTS) is 1. The summed E-state index contributed by atoms with van der Waals surface area (Å²) in [5.41, 5.74) is 2.28. The Labute approximate surface area is 123 Å². The number of aromatic nitrogens is 1. The fourth-order valence-corrected chi connectivity index (χ4v) is 2.32. The van der Waals surface area contributed by atoms with Gasteiger partial charge in [0.05, 0.1) is 12.5 Å². The Morgan fingerprint density at radius 3 is 2.52 bits per heavy atom. The third-order valence-electron chi connectivity index (χ3n) is 3.42. The summed E-state index contributed by atoms with van der Waals surface area (Å²) in [6.07, 6.45) is 1.62. The molecular formula is C16H18N2O3. The number of aliphatic carboxylic acids is 1. The molecule has 0 aliphatic carbocycles. The highest BCUT2D eigenvalue weighted by Gasteiger charge is 2.21. The normalized spacial score (nSPS) is 11.9. The first-order chi connectivity index (χ1) is 9.99. The van der Waals surface area contributed by atoms with E-state index in [0.717, 1.165) is 11.1 Å². The lowest BCUT2D eigenvalue weighted by Crippen LogP contribution is -2.31. The van der Waals surface area contributed by atoms with Crippen LogP contribution < -0.4 is 5.32 Å². The molecule has 2 rings (SSSR count). The van der Waals surface area contributed by atoms with Crippen LogP contribution in [0.25, 0.3) is 0 Å². The van der Waals surface area contributed by atoms with E-state index in [0.29, 0.717) is 5.69 Å². The van der Waals surface area contributed by atoms with Crippen molar-refractivity contribution in [2.24, 2.45) is 7.05 Å². The first-order valence-corrected chi connectivity index (χ1v) is 6.68. The summed E-state index contributed by atoms with van der Waals surface area (Å²) < 4.78 is 1.70. The lowest BCUT2D eigenvalue weighted by atomic mass is 9.98. The van der Waals surface area contributed by atoms with Crippen molar-refractivity contribution in [2.45, 2.75) is 19.4 Å². The van der Waals surface area contributed by atoms with Crippen LogP contribution in [0.4, 0.5) is 0 Å². The van der Waals surface area contributed by atoms with Crippen LogP contribution in [0.3, 0.4) is 0 Å². The maximum atomic E-state index is 12.3. The lowest BCUT2D eigenvalue weighted by Gasteiger charge is -2.19. The van der Waals surface area contributed by atoms with Crippen molar-refractivity contribution < 1.29 is 14.7 Å². The second-order valence-electron chi connectivity index (χ2n) is 4.98. The summed E-state index contributed by atoms with van der Waals surface area (Å²) in [6.45, 7) is 1.90. The summed E-state index contributed by atoms with van der Waals surface area (Å²) in [6, 6.07) is 10.4. The molecule has 2 aromatic rings. The molecule has 5 nitrogen and oxygen atoms in total. The van der Waals surface area contributed by atoms with Gasteiger partial charge in [0.1, 0.15) is 5.69 Å². The van der Waals surface area contributed by atoms with E-state index in [1.807, 2.05) is 31.2 Å². The average Bonchev–Trinajstić information content (AvgIpc) is 2.84. The third kappa shape index (κ3) is 3.51. The number of carbonyl (C=O) groups excluding carboxylic acids is 1. The van der Waals surface area contributed by atoms with E-state index in [1.54, 1.807) is 29.9 Å². The Hall–Kier alpha value is -2.56. The number of hydrogen-bond donors (Lipinski definition) is 2. The quantitative estimate of drug-likeness (QED) is 0.885. The van der Waals surface area contributed by atoms with Gasteiger partial charge in [-0.1, -0.05) is 24.3 Å². The molecule has 5 heteroatoms. The molecule has 1 aromatic heterocycles. The van der Waals surface area contributed by atoms with Gasteiger partial charge in [0.2, 0.25) is 0 Å². The third-order valence-corrected chi connectivity index (χ3v) is 3.42. The summed E-state index contributed by atoms with van der Waals surface area (Å²) in [4.78, 5) is 23.4. The zero-order valence-electron chi connectivity index (χ0n) is 12.0. The zero-order chi connectivity index (χ0) is 15.4. The number of carboxylic acids is 1. The first kappa shape index (κ1) is 14.8. The van der Waals surface area contributed by atoms with Gasteiger partial charge in [-0.05, 0) is 30.2 Å². The van der Waals surface area contributed by atoms with Crippen molar-refractivity contribution >= 4 is 11.9 Å². The fourth-order valence-electron chi connectivity index (χ4n) is 2.32. The van der Waals surface area contributed by atoms with Crippen molar-refractivity contribution in [1.82, 2.24) is 9.88 Å². The molecule has 1 aromatic carbocycles. The average molecular weight is 286 g/mol. The molecule has 21 heavy (non-hydrogen) atoms. The monoisotopic (exact) mass is 286 g/mol. The summed E-state index contributed by atoms with van der Waals surface area (Å²) in [5, 5.41) is 11.9. The highest BCUT2D eigenvalue weighted by Crippen LogP contribution is 2.21. The summed E-state index contributed by atoms with van der Waals surface area (Å²) >= 11 is 0. The molecule has 1 amide bonds. The van der Waals surface area contributed by atoms with Gasteiger partial charge in [0.15, 0.2) is 0 Å². The minimum atomic E-state index is -0.949. The molecule has 0 spiro atoms. The van der Waals surface area contributed by atoms with E-state index in [4.69, 9.17) is 5.11 Å². The van der Waals surface area contributed by atoms with E-state index < -0.39 is 12.0 Å². The number of nitrogens with zero attached hydrogens (tertiary/aromatic N) is 1. The number of rotatable bonds is 5. The standard InChI is InChI=1S/C16H18N2O3/c1-11-6-3-4-7-12(11)13(10-15(19)20)17-16(21)14-8-5-9-18(14)2/h3-9,13H,10H2,1-2H3,(H,17,21)(H,19,20). The van der Waals surface area contributed by atoms with Crippen LogP contribution in [0, 0.1) is 6.92 Å². The molecule has 0 bridgehead atoms. The Morgan fingerprint density at radius 2 is 1.95 bits per heavy atom. The van der Waals surface area contributed by atoms with Gasteiger partial charge in [0.25, 0.3) is 5.91 Å². The second-order valence-corrected chi connectivity index (χ2v) is 4.98. The Morgan fingerprint density at radius 1 is 1.24 bits per heavy atom. The van der Waals surface area contributed by atoms with Gasteiger partial charge in [0, 0.05) is 13.2 Å². The zero-order valence-corrected chi connectivity index (χ0v) is 12.0. The highest BCUT2D eigenvalue weighted by molar-refractivity contribution is 5.93. The predicted molar refractivity (Wildman–Crippen MR) is 79.1 cm³/mol. The van der Waals surface area contributed by atoms with Gasteiger partial charge in [-0.2, -0.15) is 0 Å². The van der Waals surface area contributed by atoms with Gasteiger partial charge < -0.3 is 15.0 Å². The Balaban J connectivity index is 2.25. The van der Waals surface area contributed by atoms with Crippen molar-refractivity contribution in [3.63, 3.8) is 0 Å². The van der Waals surface area contributed by atoms with E-state index in [2.05, 4.69) is 5.32 Å². The van der Waals surface area contributed by atoms with Crippen LogP contribution in [0.5, 0.6) is 0 Å². The molecule has 0 saturated heterocycles. The second kappa shape index (κ2) is 6.26. The number of hydrogen-bond acceptors (Lipinski definition) is 2. The molecule has 0 fully saturated rings. The number of carbonyl (C=O) groups is 2. The van der Waals surface area contributed by atoms with Gasteiger partial charge >= 0.3 is 5.97 Å². The molecule has 0 radical (unpaired) electrons. The number of amides is 1. The van der Waals surface area contributed by atoms with Crippen LogP contribution in [0.15, 0.2) is 42.6 Å². The van der Waals surface area contributed by atoms with Crippen LogP contribution in [-0.2, 0) is 11.8 Å². The van der Waals surface area contributed by atoms with Crippen molar-refractivity contribution in [2.75, 3.05) is 0 Å². The molecule has 0 saturated carbocycles.